The average Bonchev–Trinajstić information content (AvgIpc) is 3.38. The Morgan fingerprint density at radius 2 is 1.57 bits per heavy atom. The Balaban J connectivity index is 1.19. The maximum atomic E-state index is 14.3. The van der Waals surface area contributed by atoms with Gasteiger partial charge in [-0.15, -0.1) is 0 Å². The van der Waals surface area contributed by atoms with E-state index in [0.717, 1.165) is 18.4 Å². The van der Waals surface area contributed by atoms with Crippen LogP contribution in [0, 0.1) is 29.0 Å². The molecule has 252 valence electrons. The molecule has 0 spiro atoms. The van der Waals surface area contributed by atoms with Crippen LogP contribution in [0.15, 0.2) is 54.6 Å². The topological polar surface area (TPSA) is 135 Å². The molecule has 47 heavy (non-hydrogen) atoms. The molecule has 4 amide bonds. The number of amides is 4. The second-order valence-electron chi connectivity index (χ2n) is 14.3. The molecular formula is C35H46BFN4O6. The standard InChI is InChI=1S/C35H46BFN4O6/c1-20(2)29(41-31(43)24-14-10-11-15-25(24)37)33(45)40-26(16-22-12-8-7-9-13-22)32(44)39-21(3)30(42)38-19-36-46-28-18-23-17-27(34(23,4)5)35(28,6)47-36/h7-15,20-21,23,26-29H,16-19H2,1-6H3,(H,38,42)(H,39,44)(H,40,45)(H,41,43). The Bertz CT molecular complexity index is 1490. The summed E-state index contributed by atoms with van der Waals surface area (Å²) < 4.78 is 26.8. The molecule has 0 aromatic heterocycles. The molecule has 1 aliphatic heterocycles. The van der Waals surface area contributed by atoms with Crippen molar-refractivity contribution in [2.24, 2.45) is 23.2 Å². The fourth-order valence-corrected chi connectivity index (χ4v) is 7.47. The quantitative estimate of drug-likeness (QED) is 0.261. The first-order valence-corrected chi connectivity index (χ1v) is 16.5. The fourth-order valence-electron chi connectivity index (χ4n) is 7.47. The van der Waals surface area contributed by atoms with Gasteiger partial charge in [-0.2, -0.15) is 0 Å². The van der Waals surface area contributed by atoms with Crippen molar-refractivity contribution in [3.63, 3.8) is 0 Å². The highest BCUT2D eigenvalue weighted by molar-refractivity contribution is 6.46. The average molecular weight is 649 g/mol. The van der Waals surface area contributed by atoms with E-state index in [2.05, 4.69) is 42.0 Å². The maximum absolute atomic E-state index is 14.3. The van der Waals surface area contributed by atoms with Crippen molar-refractivity contribution < 1.29 is 32.9 Å². The monoisotopic (exact) mass is 648 g/mol. The molecule has 3 saturated carbocycles. The molecule has 4 N–H and O–H groups in total. The van der Waals surface area contributed by atoms with Crippen molar-refractivity contribution in [2.45, 2.75) is 90.6 Å². The lowest BCUT2D eigenvalue weighted by atomic mass is 9.43. The van der Waals surface area contributed by atoms with Gasteiger partial charge in [-0.3, -0.25) is 19.2 Å². The molecule has 1 saturated heterocycles. The van der Waals surface area contributed by atoms with Gasteiger partial charge in [0.2, 0.25) is 17.7 Å². The highest BCUT2D eigenvalue weighted by Crippen LogP contribution is 2.65. The molecule has 4 aliphatic rings. The summed E-state index contributed by atoms with van der Waals surface area (Å²) in [6.45, 7) is 11.7. The van der Waals surface area contributed by atoms with Crippen LogP contribution in [0.25, 0.3) is 0 Å². The first-order chi connectivity index (χ1) is 22.2. The van der Waals surface area contributed by atoms with Gasteiger partial charge in [-0.05, 0) is 67.6 Å². The number of hydrogen-bond donors (Lipinski definition) is 4. The number of hydrogen-bond acceptors (Lipinski definition) is 6. The molecule has 2 aromatic rings. The zero-order chi connectivity index (χ0) is 34.1. The van der Waals surface area contributed by atoms with Crippen molar-refractivity contribution in [1.29, 1.82) is 0 Å². The van der Waals surface area contributed by atoms with Crippen molar-refractivity contribution >= 4 is 30.7 Å². The Morgan fingerprint density at radius 1 is 0.894 bits per heavy atom. The van der Waals surface area contributed by atoms with Gasteiger partial charge in [0.25, 0.3) is 5.91 Å². The van der Waals surface area contributed by atoms with Crippen LogP contribution in [0.4, 0.5) is 4.39 Å². The molecule has 2 bridgehead atoms. The SMILES string of the molecule is CC(NC(=O)C(Cc1ccccc1)NC(=O)C(NC(=O)c1ccccc1F)C(C)C)C(=O)NCB1OC2CC3CC(C3(C)C)C2(C)O1. The first-order valence-electron chi connectivity index (χ1n) is 16.5. The Morgan fingerprint density at radius 3 is 2.23 bits per heavy atom. The van der Waals surface area contributed by atoms with Crippen molar-refractivity contribution in [3.05, 3.63) is 71.5 Å². The molecular weight excluding hydrogens is 602 g/mol. The van der Waals surface area contributed by atoms with Crippen LogP contribution >= 0.6 is 0 Å². The summed E-state index contributed by atoms with van der Waals surface area (Å²) in [6, 6.07) is 11.6. The molecule has 1 heterocycles. The lowest BCUT2D eigenvalue weighted by Crippen LogP contribution is -2.65. The zero-order valence-electron chi connectivity index (χ0n) is 28.0. The predicted molar refractivity (Wildman–Crippen MR) is 175 cm³/mol. The van der Waals surface area contributed by atoms with E-state index in [1.54, 1.807) is 20.8 Å². The van der Waals surface area contributed by atoms with E-state index >= 15 is 0 Å². The van der Waals surface area contributed by atoms with Gasteiger partial charge in [0.1, 0.15) is 23.9 Å². The predicted octanol–water partition coefficient (Wildman–Crippen LogP) is 3.20. The lowest BCUT2D eigenvalue weighted by molar-refractivity contribution is -0.199. The van der Waals surface area contributed by atoms with Gasteiger partial charge >= 0.3 is 7.12 Å². The van der Waals surface area contributed by atoms with Crippen LogP contribution in [-0.2, 0) is 30.1 Å². The molecule has 2 aromatic carbocycles. The third-order valence-corrected chi connectivity index (χ3v) is 10.5. The molecule has 4 fully saturated rings. The summed E-state index contributed by atoms with van der Waals surface area (Å²) >= 11 is 0. The van der Waals surface area contributed by atoms with Crippen LogP contribution in [0.5, 0.6) is 0 Å². The molecule has 12 heteroatoms. The van der Waals surface area contributed by atoms with Crippen molar-refractivity contribution in [1.82, 2.24) is 21.3 Å². The van der Waals surface area contributed by atoms with Crippen LogP contribution in [-0.4, -0.2) is 67.0 Å². The summed E-state index contributed by atoms with van der Waals surface area (Å²) in [5, 5.41) is 10.9. The highest BCUT2D eigenvalue weighted by Gasteiger charge is 2.67. The number of benzene rings is 2. The minimum Gasteiger partial charge on any atom is -0.404 e. The molecule has 0 radical (unpaired) electrons. The third kappa shape index (κ3) is 7.23. The molecule has 6 rings (SSSR count). The van der Waals surface area contributed by atoms with Gasteiger partial charge in [0, 0.05) is 6.42 Å². The van der Waals surface area contributed by atoms with E-state index in [-0.39, 0.29) is 41.5 Å². The van der Waals surface area contributed by atoms with Crippen molar-refractivity contribution in [2.75, 3.05) is 6.44 Å². The number of carbonyl (C=O) groups is 4. The summed E-state index contributed by atoms with van der Waals surface area (Å²) in [5.74, 6) is -2.41. The minimum absolute atomic E-state index is 0.00757. The van der Waals surface area contributed by atoms with Gasteiger partial charge in [0.15, 0.2) is 0 Å². The van der Waals surface area contributed by atoms with Crippen LogP contribution in [0.1, 0.15) is 70.3 Å². The second kappa shape index (κ2) is 13.8. The van der Waals surface area contributed by atoms with Crippen LogP contribution in [0.3, 0.4) is 0 Å². The number of carbonyl (C=O) groups excluding carboxylic acids is 4. The zero-order valence-corrected chi connectivity index (χ0v) is 28.0. The van der Waals surface area contributed by atoms with E-state index < -0.39 is 54.7 Å². The largest absolute Gasteiger partial charge is 0.478 e. The lowest BCUT2D eigenvalue weighted by Gasteiger charge is -2.64. The van der Waals surface area contributed by atoms with Gasteiger partial charge < -0.3 is 30.6 Å². The second-order valence-corrected chi connectivity index (χ2v) is 14.3. The summed E-state index contributed by atoms with van der Waals surface area (Å²) in [6.07, 6.45) is 2.34. The smallest absolute Gasteiger partial charge is 0.404 e. The van der Waals surface area contributed by atoms with E-state index in [0.29, 0.717) is 11.8 Å². The number of nitrogens with one attached hydrogen (secondary N) is 4. The van der Waals surface area contributed by atoms with Crippen LogP contribution < -0.4 is 21.3 Å². The van der Waals surface area contributed by atoms with E-state index in [9.17, 15) is 23.6 Å². The van der Waals surface area contributed by atoms with Gasteiger partial charge in [-0.1, -0.05) is 70.2 Å². The molecule has 10 nitrogen and oxygen atoms in total. The highest BCUT2D eigenvalue weighted by atomic mass is 19.1. The third-order valence-electron chi connectivity index (χ3n) is 10.5. The van der Waals surface area contributed by atoms with Gasteiger partial charge in [0.05, 0.1) is 23.7 Å². The molecule has 7 atom stereocenters. The Kier molecular flexibility index (Phi) is 10.1. The number of rotatable bonds is 12. The first kappa shape index (κ1) is 34.6. The van der Waals surface area contributed by atoms with E-state index in [1.807, 2.05) is 30.3 Å². The van der Waals surface area contributed by atoms with Gasteiger partial charge in [-0.25, -0.2) is 4.39 Å². The van der Waals surface area contributed by atoms with Crippen LogP contribution in [0.2, 0.25) is 0 Å². The summed E-state index contributed by atoms with van der Waals surface area (Å²) in [7, 11) is -0.579. The fraction of sp³-hybridized carbons (Fsp3) is 0.543. The Hall–Kier alpha value is -3.77. The molecule has 3 aliphatic carbocycles. The minimum atomic E-state index is -1.06. The normalized spacial score (nSPS) is 25.9. The Labute approximate surface area is 276 Å². The summed E-state index contributed by atoms with van der Waals surface area (Å²) in [4.78, 5) is 53.0. The van der Waals surface area contributed by atoms with Crippen molar-refractivity contribution in [3.8, 4) is 0 Å². The van der Waals surface area contributed by atoms with E-state index in [4.69, 9.17) is 9.31 Å². The number of halogens is 1. The molecule has 7 unspecified atom stereocenters. The maximum Gasteiger partial charge on any atom is 0.478 e. The van der Waals surface area contributed by atoms with E-state index in [1.165, 1.54) is 24.3 Å². The summed E-state index contributed by atoms with van der Waals surface area (Å²) in [5.41, 5.74) is 0.413.